The summed E-state index contributed by atoms with van der Waals surface area (Å²) >= 11 is 0. The molecule has 4 nitrogen and oxygen atoms in total. The Bertz CT molecular complexity index is 1030. The molecule has 2 aromatic carbocycles. The number of para-hydroxylation sites is 1. The van der Waals surface area contributed by atoms with Gasteiger partial charge >= 0.3 is 5.97 Å². The molecule has 0 atom stereocenters. The van der Waals surface area contributed by atoms with Crippen LogP contribution < -0.4 is 0 Å². The zero-order valence-electron chi connectivity index (χ0n) is 16.7. The Morgan fingerprint density at radius 2 is 1.93 bits per heavy atom. The fourth-order valence-corrected chi connectivity index (χ4v) is 4.13. The number of aromatic amines is 1. The quantitative estimate of drug-likeness (QED) is 0.534. The van der Waals surface area contributed by atoms with E-state index < -0.39 is 0 Å². The molecule has 0 radical (unpaired) electrons. The molecule has 1 aliphatic heterocycles. The summed E-state index contributed by atoms with van der Waals surface area (Å²) in [6.07, 6.45) is 4.28. The largest absolute Gasteiger partial charge is 0.466 e. The third kappa shape index (κ3) is 3.36. The number of nitrogens with one attached hydrogen (secondary N) is 1. The van der Waals surface area contributed by atoms with Crippen LogP contribution >= 0.6 is 0 Å². The molecule has 1 N–H and O–H groups in total. The van der Waals surface area contributed by atoms with Crippen LogP contribution in [0.5, 0.6) is 0 Å². The third-order valence-corrected chi connectivity index (χ3v) is 5.81. The Labute approximate surface area is 165 Å². The van der Waals surface area contributed by atoms with Crippen molar-refractivity contribution in [1.29, 1.82) is 0 Å². The molecule has 2 heterocycles. The number of benzene rings is 2. The number of methoxy groups -OCH3 is 1. The predicted molar refractivity (Wildman–Crippen MR) is 113 cm³/mol. The van der Waals surface area contributed by atoms with E-state index in [1.807, 2.05) is 12.1 Å². The molecule has 0 amide bonds. The molecular weight excluding hydrogens is 348 g/mol. The van der Waals surface area contributed by atoms with Crippen molar-refractivity contribution >= 4 is 22.9 Å². The van der Waals surface area contributed by atoms with E-state index >= 15 is 0 Å². The summed E-state index contributed by atoms with van der Waals surface area (Å²) in [5.74, 6) is -0.340. The number of rotatable bonds is 4. The lowest BCUT2D eigenvalue weighted by Crippen LogP contribution is -2.46. The lowest BCUT2D eigenvalue weighted by atomic mass is 9.87. The smallest absolute Gasteiger partial charge is 0.330 e. The molecule has 0 saturated heterocycles. The van der Waals surface area contributed by atoms with Crippen molar-refractivity contribution in [3.63, 3.8) is 0 Å². The summed E-state index contributed by atoms with van der Waals surface area (Å²) in [6.45, 7) is 6.52. The van der Waals surface area contributed by atoms with Crippen LogP contribution in [0.25, 0.3) is 17.0 Å². The summed E-state index contributed by atoms with van der Waals surface area (Å²) in [5.41, 5.74) is 6.21. The summed E-state index contributed by atoms with van der Waals surface area (Å²) in [5, 5.41) is 1.35. The third-order valence-electron chi connectivity index (χ3n) is 5.81. The van der Waals surface area contributed by atoms with Crippen molar-refractivity contribution in [3.8, 4) is 0 Å². The minimum absolute atomic E-state index is 0.0595. The Morgan fingerprint density at radius 1 is 1.18 bits per heavy atom. The summed E-state index contributed by atoms with van der Waals surface area (Å²) < 4.78 is 4.63. The number of H-pyrrole nitrogens is 1. The van der Waals surface area contributed by atoms with Crippen molar-refractivity contribution < 1.29 is 9.53 Å². The maximum Gasteiger partial charge on any atom is 0.330 e. The first-order valence-corrected chi connectivity index (χ1v) is 9.69. The van der Waals surface area contributed by atoms with Gasteiger partial charge in [0.25, 0.3) is 0 Å². The van der Waals surface area contributed by atoms with Crippen molar-refractivity contribution in [2.45, 2.75) is 32.4 Å². The first-order chi connectivity index (χ1) is 13.5. The van der Waals surface area contributed by atoms with Gasteiger partial charge in [-0.15, -0.1) is 0 Å². The highest BCUT2D eigenvalue weighted by Gasteiger charge is 2.36. The number of carbonyl (C=O) groups is 1. The van der Waals surface area contributed by atoms with Crippen LogP contribution in [-0.2, 0) is 28.0 Å². The number of aromatic nitrogens is 1. The number of hydrogen-bond acceptors (Lipinski definition) is 3. The zero-order valence-corrected chi connectivity index (χ0v) is 16.7. The molecule has 0 bridgehead atoms. The van der Waals surface area contributed by atoms with E-state index in [-0.39, 0.29) is 11.5 Å². The first kappa shape index (κ1) is 18.5. The lowest BCUT2D eigenvalue weighted by Gasteiger charge is -2.42. The first-order valence-electron chi connectivity index (χ1n) is 9.69. The van der Waals surface area contributed by atoms with Crippen LogP contribution in [0.15, 0.2) is 54.6 Å². The van der Waals surface area contributed by atoms with Gasteiger partial charge in [0, 0.05) is 35.8 Å². The zero-order chi connectivity index (χ0) is 19.7. The second-order valence-electron chi connectivity index (χ2n) is 7.85. The highest BCUT2D eigenvalue weighted by Crippen LogP contribution is 2.39. The van der Waals surface area contributed by atoms with Gasteiger partial charge in [0.1, 0.15) is 0 Å². The highest BCUT2D eigenvalue weighted by molar-refractivity contribution is 5.87. The standard InChI is InChI=1S/C24H26N2O2/c1-24(2)23-20(19-6-4-5-7-21(19)25-23)14-15-26(24)16-18-10-8-17(9-11-18)12-13-22(27)28-3/h4-13,25H,14-16H2,1-3H3. The van der Waals surface area contributed by atoms with Crippen LogP contribution in [0.3, 0.4) is 0 Å². The summed E-state index contributed by atoms with van der Waals surface area (Å²) in [4.78, 5) is 17.4. The molecule has 4 heteroatoms. The molecule has 1 aromatic heterocycles. The van der Waals surface area contributed by atoms with Gasteiger partial charge in [0.05, 0.1) is 12.6 Å². The van der Waals surface area contributed by atoms with Crippen LogP contribution in [-0.4, -0.2) is 29.5 Å². The molecule has 4 rings (SSSR count). The van der Waals surface area contributed by atoms with Gasteiger partial charge in [-0.1, -0.05) is 42.5 Å². The average molecular weight is 374 g/mol. The number of carbonyl (C=O) groups excluding carboxylic acids is 1. The second kappa shape index (κ2) is 7.28. The Morgan fingerprint density at radius 3 is 2.68 bits per heavy atom. The Kier molecular flexibility index (Phi) is 4.82. The van der Waals surface area contributed by atoms with Crippen LogP contribution in [0.4, 0.5) is 0 Å². The maximum atomic E-state index is 11.2. The molecule has 0 unspecified atom stereocenters. The van der Waals surface area contributed by atoms with E-state index in [2.05, 4.69) is 64.9 Å². The van der Waals surface area contributed by atoms with Gasteiger partial charge < -0.3 is 9.72 Å². The predicted octanol–water partition coefficient (Wildman–Crippen LogP) is 4.65. The van der Waals surface area contributed by atoms with Gasteiger partial charge in [-0.3, -0.25) is 4.90 Å². The monoisotopic (exact) mass is 374 g/mol. The summed E-state index contributed by atoms with van der Waals surface area (Å²) in [7, 11) is 1.38. The van der Waals surface area contributed by atoms with E-state index in [1.165, 1.54) is 40.9 Å². The minimum atomic E-state index is -0.340. The molecular formula is C24H26N2O2. The van der Waals surface area contributed by atoms with Gasteiger partial charge in [0.15, 0.2) is 0 Å². The molecule has 0 spiro atoms. The fourth-order valence-electron chi connectivity index (χ4n) is 4.13. The second-order valence-corrected chi connectivity index (χ2v) is 7.85. The number of hydrogen-bond donors (Lipinski definition) is 1. The SMILES string of the molecule is COC(=O)C=Cc1ccc(CN2CCc3c([nH]c4ccccc34)C2(C)C)cc1. The van der Waals surface area contributed by atoms with E-state index in [9.17, 15) is 4.79 Å². The van der Waals surface area contributed by atoms with Crippen molar-refractivity contribution in [2.75, 3.05) is 13.7 Å². The number of ether oxygens (including phenoxy) is 1. The Hall–Kier alpha value is -2.85. The normalized spacial score (nSPS) is 16.4. The minimum Gasteiger partial charge on any atom is -0.466 e. The average Bonchev–Trinajstić information content (AvgIpc) is 3.09. The number of nitrogens with zero attached hydrogens (tertiary/aromatic N) is 1. The molecule has 144 valence electrons. The van der Waals surface area contributed by atoms with Crippen LogP contribution in [0.1, 0.15) is 36.2 Å². The topological polar surface area (TPSA) is 45.3 Å². The molecule has 28 heavy (non-hydrogen) atoms. The van der Waals surface area contributed by atoms with Crippen molar-refractivity contribution in [1.82, 2.24) is 9.88 Å². The van der Waals surface area contributed by atoms with Crippen LogP contribution in [0, 0.1) is 0 Å². The molecule has 3 aromatic rings. The molecule has 0 saturated carbocycles. The summed E-state index contributed by atoms with van der Waals surface area (Å²) in [6, 6.07) is 16.9. The van der Waals surface area contributed by atoms with Crippen LogP contribution in [0.2, 0.25) is 0 Å². The van der Waals surface area contributed by atoms with E-state index in [1.54, 1.807) is 6.08 Å². The van der Waals surface area contributed by atoms with E-state index in [0.717, 1.165) is 25.1 Å². The van der Waals surface area contributed by atoms with E-state index in [0.29, 0.717) is 0 Å². The van der Waals surface area contributed by atoms with E-state index in [4.69, 9.17) is 0 Å². The lowest BCUT2D eigenvalue weighted by molar-refractivity contribution is -0.134. The number of fused-ring (bicyclic) bond motifs is 3. The van der Waals surface area contributed by atoms with Gasteiger partial charge in [0.2, 0.25) is 0 Å². The Balaban J connectivity index is 1.54. The fraction of sp³-hybridized carbons (Fsp3) is 0.292. The molecule has 0 aliphatic carbocycles. The molecule has 0 fully saturated rings. The highest BCUT2D eigenvalue weighted by atomic mass is 16.5. The van der Waals surface area contributed by atoms with Crippen molar-refractivity contribution in [3.05, 3.63) is 77.0 Å². The number of esters is 1. The van der Waals surface area contributed by atoms with Crippen molar-refractivity contribution in [2.24, 2.45) is 0 Å². The molecule has 1 aliphatic rings. The van der Waals surface area contributed by atoms with Gasteiger partial charge in [-0.2, -0.15) is 0 Å². The van der Waals surface area contributed by atoms with Gasteiger partial charge in [-0.05, 0) is 49.1 Å². The van der Waals surface area contributed by atoms with Gasteiger partial charge in [-0.25, -0.2) is 4.79 Å². The maximum absolute atomic E-state index is 11.2.